The van der Waals surface area contributed by atoms with Gasteiger partial charge in [0.25, 0.3) is 0 Å². The van der Waals surface area contributed by atoms with Crippen molar-refractivity contribution >= 4 is 34.0 Å². The van der Waals surface area contributed by atoms with Crippen LogP contribution in [0.5, 0.6) is 0 Å². The van der Waals surface area contributed by atoms with Crippen molar-refractivity contribution in [2.45, 2.75) is 50.3 Å². The molecule has 1 aliphatic carbocycles. The molecule has 3 N–H and O–H groups in total. The second-order valence-corrected chi connectivity index (χ2v) is 9.38. The van der Waals surface area contributed by atoms with Gasteiger partial charge in [0.05, 0.1) is 4.90 Å². The molecule has 0 aromatic heterocycles. The minimum Gasteiger partial charge on any atom is -0.330 e. The predicted octanol–water partition coefficient (Wildman–Crippen LogP) is 2.90. The molecule has 148 valence electrons. The lowest BCUT2D eigenvalue weighted by atomic mass is 9.71. The first-order valence-corrected chi connectivity index (χ1v) is 10.2. The molecule has 0 spiro atoms. The SMILES string of the molecule is Cc1ccc(NC(=O)CC2(CN)CCCCC2)cc1S(=O)(=O)N(C)C.Cl. The molecule has 1 aromatic rings. The average molecular weight is 404 g/mol. The lowest BCUT2D eigenvalue weighted by molar-refractivity contribution is -0.118. The van der Waals surface area contributed by atoms with Gasteiger partial charge in [0.2, 0.25) is 15.9 Å². The van der Waals surface area contributed by atoms with Crippen molar-refractivity contribution in [1.82, 2.24) is 4.31 Å². The Labute approximate surface area is 163 Å². The van der Waals surface area contributed by atoms with Crippen LogP contribution in [-0.2, 0) is 14.8 Å². The molecule has 6 nitrogen and oxygen atoms in total. The van der Waals surface area contributed by atoms with E-state index in [1.54, 1.807) is 19.1 Å². The molecular formula is C18H30ClN3O3S. The number of halogens is 1. The first-order chi connectivity index (χ1) is 11.7. The molecule has 26 heavy (non-hydrogen) atoms. The molecule has 1 amide bonds. The minimum absolute atomic E-state index is 0. The molecular weight excluding hydrogens is 374 g/mol. The highest BCUT2D eigenvalue weighted by Gasteiger charge is 2.33. The number of nitrogens with two attached hydrogens (primary N) is 1. The Balaban J connectivity index is 0.00000338. The van der Waals surface area contributed by atoms with Crippen molar-refractivity contribution in [1.29, 1.82) is 0 Å². The Morgan fingerprint density at radius 1 is 1.23 bits per heavy atom. The Bertz CT molecular complexity index is 729. The van der Waals surface area contributed by atoms with Crippen molar-refractivity contribution < 1.29 is 13.2 Å². The Hall–Kier alpha value is -1.15. The lowest BCUT2D eigenvalue weighted by Gasteiger charge is -2.35. The molecule has 0 saturated heterocycles. The van der Waals surface area contributed by atoms with Gasteiger partial charge in [0.1, 0.15) is 0 Å². The Morgan fingerprint density at radius 3 is 2.38 bits per heavy atom. The van der Waals surface area contributed by atoms with Crippen molar-refractivity contribution in [3.05, 3.63) is 23.8 Å². The van der Waals surface area contributed by atoms with E-state index in [9.17, 15) is 13.2 Å². The number of carbonyl (C=O) groups is 1. The fourth-order valence-corrected chi connectivity index (χ4v) is 4.60. The number of hydrogen-bond acceptors (Lipinski definition) is 4. The fourth-order valence-electron chi connectivity index (χ4n) is 3.45. The summed E-state index contributed by atoms with van der Waals surface area (Å²) in [6.45, 7) is 2.25. The highest BCUT2D eigenvalue weighted by atomic mass is 35.5. The topological polar surface area (TPSA) is 92.5 Å². The fraction of sp³-hybridized carbons (Fsp3) is 0.611. The normalized spacial score (nSPS) is 16.8. The maximum atomic E-state index is 12.5. The van der Waals surface area contributed by atoms with Gasteiger partial charge >= 0.3 is 0 Å². The standard InChI is InChI=1S/C18H29N3O3S.ClH/c1-14-7-8-15(11-16(14)25(23,24)21(2)3)20-17(22)12-18(13-19)9-5-4-6-10-18;/h7-8,11H,4-6,9-10,12-13,19H2,1-3H3,(H,20,22);1H. The Kier molecular flexibility index (Phi) is 8.07. The molecule has 8 heteroatoms. The van der Waals surface area contributed by atoms with E-state index in [0.717, 1.165) is 25.7 Å². The predicted molar refractivity (Wildman–Crippen MR) is 107 cm³/mol. The van der Waals surface area contributed by atoms with Crippen molar-refractivity contribution in [2.24, 2.45) is 11.1 Å². The number of aryl methyl sites for hydroxylation is 1. The maximum absolute atomic E-state index is 12.5. The third-order valence-corrected chi connectivity index (χ3v) is 7.07. The van der Waals surface area contributed by atoms with E-state index in [2.05, 4.69) is 5.32 Å². The number of nitrogens with one attached hydrogen (secondary N) is 1. The number of hydrogen-bond donors (Lipinski definition) is 2. The van der Waals surface area contributed by atoms with E-state index in [-0.39, 0.29) is 28.6 Å². The van der Waals surface area contributed by atoms with Gasteiger partial charge in [0, 0.05) is 26.2 Å². The van der Waals surface area contributed by atoms with E-state index >= 15 is 0 Å². The van der Waals surface area contributed by atoms with Gasteiger partial charge in [-0.25, -0.2) is 12.7 Å². The molecule has 0 aliphatic heterocycles. The molecule has 1 fully saturated rings. The van der Waals surface area contributed by atoms with E-state index in [4.69, 9.17) is 5.73 Å². The zero-order chi connectivity index (χ0) is 18.7. The monoisotopic (exact) mass is 403 g/mol. The number of rotatable bonds is 6. The zero-order valence-corrected chi connectivity index (χ0v) is 17.4. The largest absolute Gasteiger partial charge is 0.330 e. The quantitative estimate of drug-likeness (QED) is 0.763. The van der Waals surface area contributed by atoms with Crippen molar-refractivity contribution in [3.8, 4) is 0 Å². The third-order valence-electron chi connectivity index (χ3n) is 5.11. The second-order valence-electron chi connectivity index (χ2n) is 7.26. The summed E-state index contributed by atoms with van der Waals surface area (Å²) < 4.78 is 26.0. The van der Waals surface area contributed by atoms with Crippen LogP contribution in [0.2, 0.25) is 0 Å². The summed E-state index contributed by atoms with van der Waals surface area (Å²) in [5.74, 6) is -0.107. The number of amides is 1. The van der Waals surface area contributed by atoms with Gasteiger partial charge < -0.3 is 11.1 Å². The summed E-state index contributed by atoms with van der Waals surface area (Å²) in [7, 11) is -0.559. The van der Waals surface area contributed by atoms with Gasteiger partial charge in [-0.05, 0) is 49.4 Å². The second kappa shape index (κ2) is 9.17. The molecule has 2 rings (SSSR count). The summed E-state index contributed by atoms with van der Waals surface area (Å²) in [5.41, 5.74) is 6.98. The van der Waals surface area contributed by atoms with Crippen LogP contribution in [0.15, 0.2) is 23.1 Å². The van der Waals surface area contributed by atoms with Crippen LogP contribution in [0.25, 0.3) is 0 Å². The summed E-state index contributed by atoms with van der Waals surface area (Å²) in [6.07, 6.45) is 5.76. The maximum Gasteiger partial charge on any atom is 0.242 e. The highest BCUT2D eigenvalue weighted by molar-refractivity contribution is 7.89. The molecule has 0 atom stereocenters. The third kappa shape index (κ3) is 5.19. The lowest BCUT2D eigenvalue weighted by Crippen LogP contribution is -2.36. The van der Waals surface area contributed by atoms with E-state index in [1.807, 2.05) is 0 Å². The van der Waals surface area contributed by atoms with Crippen molar-refractivity contribution in [2.75, 3.05) is 26.0 Å². The molecule has 0 unspecified atom stereocenters. The van der Waals surface area contributed by atoms with Gasteiger partial charge in [-0.3, -0.25) is 4.79 Å². The number of nitrogens with zero attached hydrogens (tertiary/aromatic N) is 1. The van der Waals surface area contributed by atoms with E-state index < -0.39 is 10.0 Å². The summed E-state index contributed by atoms with van der Waals surface area (Å²) in [5, 5.41) is 2.85. The molecule has 0 bridgehead atoms. The minimum atomic E-state index is -3.55. The molecule has 1 aromatic carbocycles. The van der Waals surface area contributed by atoms with E-state index in [1.165, 1.54) is 30.9 Å². The van der Waals surface area contributed by atoms with E-state index in [0.29, 0.717) is 24.2 Å². The van der Waals surface area contributed by atoms with Crippen LogP contribution in [0.4, 0.5) is 5.69 Å². The Morgan fingerprint density at radius 2 is 1.85 bits per heavy atom. The molecule has 1 aliphatic rings. The number of carbonyl (C=O) groups excluding carboxylic acids is 1. The number of sulfonamides is 1. The first-order valence-electron chi connectivity index (χ1n) is 8.73. The van der Waals surface area contributed by atoms with Gasteiger partial charge in [-0.15, -0.1) is 12.4 Å². The number of benzene rings is 1. The van der Waals surface area contributed by atoms with Gasteiger partial charge in [-0.1, -0.05) is 25.3 Å². The van der Waals surface area contributed by atoms with Crippen LogP contribution >= 0.6 is 12.4 Å². The van der Waals surface area contributed by atoms with Crippen LogP contribution in [0, 0.1) is 12.3 Å². The first kappa shape index (κ1) is 22.9. The van der Waals surface area contributed by atoms with Crippen LogP contribution < -0.4 is 11.1 Å². The zero-order valence-electron chi connectivity index (χ0n) is 15.7. The number of anilines is 1. The molecule has 0 heterocycles. The molecule has 0 radical (unpaired) electrons. The molecule has 1 saturated carbocycles. The summed E-state index contributed by atoms with van der Waals surface area (Å²) >= 11 is 0. The van der Waals surface area contributed by atoms with Gasteiger partial charge in [0.15, 0.2) is 0 Å². The summed E-state index contributed by atoms with van der Waals surface area (Å²) in [6, 6.07) is 4.97. The van der Waals surface area contributed by atoms with Crippen molar-refractivity contribution in [3.63, 3.8) is 0 Å². The highest BCUT2D eigenvalue weighted by Crippen LogP contribution is 2.38. The van der Waals surface area contributed by atoms with Crippen LogP contribution in [0.3, 0.4) is 0 Å². The average Bonchev–Trinajstić information content (AvgIpc) is 2.57. The van der Waals surface area contributed by atoms with Crippen LogP contribution in [0.1, 0.15) is 44.1 Å². The van der Waals surface area contributed by atoms with Crippen LogP contribution in [-0.4, -0.2) is 39.3 Å². The smallest absolute Gasteiger partial charge is 0.242 e. The van der Waals surface area contributed by atoms with Gasteiger partial charge in [-0.2, -0.15) is 0 Å². The summed E-state index contributed by atoms with van der Waals surface area (Å²) in [4.78, 5) is 12.7.